The molecular formula is C16H20N2O2. The summed E-state index contributed by atoms with van der Waals surface area (Å²) >= 11 is 0. The fraction of sp³-hybridized carbons (Fsp3) is 0.312. The van der Waals surface area contributed by atoms with E-state index in [1.165, 1.54) is 0 Å². The average molecular weight is 272 g/mol. The lowest BCUT2D eigenvalue weighted by molar-refractivity contribution is 0.0929. The molecule has 2 N–H and O–H groups in total. The second-order valence-corrected chi connectivity index (χ2v) is 4.73. The highest BCUT2D eigenvalue weighted by molar-refractivity contribution is 5.94. The number of carbonyl (C=O) groups excluding carboxylic acids is 1. The Morgan fingerprint density at radius 1 is 1.30 bits per heavy atom. The van der Waals surface area contributed by atoms with Gasteiger partial charge in [0, 0.05) is 36.3 Å². The zero-order valence-electron chi connectivity index (χ0n) is 11.6. The summed E-state index contributed by atoms with van der Waals surface area (Å²) in [5.74, 6) is -0.0979. The maximum atomic E-state index is 12.2. The summed E-state index contributed by atoms with van der Waals surface area (Å²) in [6.45, 7) is 2.08. The molecule has 0 saturated carbocycles. The standard InChI is InChI=1S/C16H20N2O2/c1-2-14(8-11-19)17-16(20)13-6-5-7-15(12-13)18-9-3-4-10-18/h3-7,9-10,12,14,19H,2,8,11H2,1H3,(H,17,20). The zero-order chi connectivity index (χ0) is 14.4. The Kier molecular flexibility index (Phi) is 4.96. The largest absolute Gasteiger partial charge is 0.396 e. The number of aromatic nitrogens is 1. The van der Waals surface area contributed by atoms with E-state index in [-0.39, 0.29) is 18.6 Å². The van der Waals surface area contributed by atoms with E-state index >= 15 is 0 Å². The highest BCUT2D eigenvalue weighted by Crippen LogP contribution is 2.11. The molecule has 0 aliphatic carbocycles. The van der Waals surface area contributed by atoms with Crippen LogP contribution >= 0.6 is 0 Å². The molecule has 2 rings (SSSR count). The Morgan fingerprint density at radius 2 is 2.05 bits per heavy atom. The minimum Gasteiger partial charge on any atom is -0.396 e. The van der Waals surface area contributed by atoms with Crippen LogP contribution in [0.1, 0.15) is 30.1 Å². The van der Waals surface area contributed by atoms with Crippen molar-refractivity contribution in [3.05, 3.63) is 54.4 Å². The van der Waals surface area contributed by atoms with Gasteiger partial charge in [0.2, 0.25) is 0 Å². The molecule has 4 heteroatoms. The van der Waals surface area contributed by atoms with E-state index in [1.807, 2.05) is 54.2 Å². The van der Waals surface area contributed by atoms with Crippen molar-refractivity contribution >= 4 is 5.91 Å². The number of carbonyl (C=O) groups is 1. The number of aliphatic hydroxyl groups excluding tert-OH is 1. The quantitative estimate of drug-likeness (QED) is 0.848. The number of aliphatic hydroxyl groups is 1. The number of benzene rings is 1. The summed E-state index contributed by atoms with van der Waals surface area (Å²) < 4.78 is 1.96. The second kappa shape index (κ2) is 6.91. The molecule has 0 fully saturated rings. The Bertz CT molecular complexity index is 549. The molecule has 0 spiro atoms. The monoisotopic (exact) mass is 272 g/mol. The highest BCUT2D eigenvalue weighted by Gasteiger charge is 2.12. The lowest BCUT2D eigenvalue weighted by atomic mass is 10.1. The van der Waals surface area contributed by atoms with Gasteiger partial charge in [-0.1, -0.05) is 13.0 Å². The van der Waals surface area contributed by atoms with Crippen LogP contribution in [0.25, 0.3) is 5.69 Å². The molecule has 1 unspecified atom stereocenters. The van der Waals surface area contributed by atoms with Crippen molar-refractivity contribution in [1.82, 2.24) is 9.88 Å². The Balaban J connectivity index is 2.12. The Hall–Kier alpha value is -2.07. The van der Waals surface area contributed by atoms with Crippen LogP contribution in [0.4, 0.5) is 0 Å². The molecule has 0 saturated heterocycles. The van der Waals surface area contributed by atoms with E-state index in [1.54, 1.807) is 6.07 Å². The molecule has 4 nitrogen and oxygen atoms in total. The van der Waals surface area contributed by atoms with Crippen LogP contribution in [0, 0.1) is 0 Å². The van der Waals surface area contributed by atoms with Gasteiger partial charge in [-0.2, -0.15) is 0 Å². The molecule has 1 heterocycles. The van der Waals surface area contributed by atoms with E-state index in [0.717, 1.165) is 12.1 Å². The first-order valence-corrected chi connectivity index (χ1v) is 6.89. The summed E-state index contributed by atoms with van der Waals surface area (Å²) in [5.41, 5.74) is 1.59. The maximum Gasteiger partial charge on any atom is 0.251 e. The van der Waals surface area contributed by atoms with Gasteiger partial charge in [-0.15, -0.1) is 0 Å². The summed E-state index contributed by atoms with van der Waals surface area (Å²) in [4.78, 5) is 12.2. The van der Waals surface area contributed by atoms with Crippen molar-refractivity contribution in [3.8, 4) is 5.69 Å². The summed E-state index contributed by atoms with van der Waals surface area (Å²) in [5, 5.41) is 11.9. The molecule has 1 atom stereocenters. The van der Waals surface area contributed by atoms with Gasteiger partial charge in [-0.3, -0.25) is 4.79 Å². The first-order valence-electron chi connectivity index (χ1n) is 6.89. The Labute approximate surface area is 119 Å². The third kappa shape index (κ3) is 3.48. The minimum atomic E-state index is -0.0979. The molecule has 106 valence electrons. The van der Waals surface area contributed by atoms with E-state index in [4.69, 9.17) is 5.11 Å². The van der Waals surface area contributed by atoms with Gasteiger partial charge in [0.15, 0.2) is 0 Å². The summed E-state index contributed by atoms with van der Waals surface area (Å²) in [6, 6.07) is 11.4. The number of hydrogen-bond acceptors (Lipinski definition) is 2. The van der Waals surface area contributed by atoms with E-state index in [0.29, 0.717) is 12.0 Å². The minimum absolute atomic E-state index is 0.0164. The maximum absolute atomic E-state index is 12.2. The van der Waals surface area contributed by atoms with E-state index < -0.39 is 0 Å². The van der Waals surface area contributed by atoms with E-state index in [9.17, 15) is 4.79 Å². The van der Waals surface area contributed by atoms with Gasteiger partial charge >= 0.3 is 0 Å². The Morgan fingerprint density at radius 3 is 2.70 bits per heavy atom. The highest BCUT2D eigenvalue weighted by atomic mass is 16.3. The fourth-order valence-corrected chi connectivity index (χ4v) is 2.12. The summed E-state index contributed by atoms with van der Waals surface area (Å²) in [7, 11) is 0. The van der Waals surface area contributed by atoms with Crippen molar-refractivity contribution in [2.45, 2.75) is 25.8 Å². The predicted octanol–water partition coefficient (Wildman–Crippen LogP) is 2.37. The van der Waals surface area contributed by atoms with Crippen LogP contribution in [0.2, 0.25) is 0 Å². The van der Waals surface area contributed by atoms with Crippen molar-refractivity contribution < 1.29 is 9.90 Å². The topological polar surface area (TPSA) is 54.3 Å². The molecule has 0 aliphatic heterocycles. The number of rotatable bonds is 6. The molecule has 0 bridgehead atoms. The van der Waals surface area contributed by atoms with Gasteiger partial charge in [-0.25, -0.2) is 0 Å². The van der Waals surface area contributed by atoms with Crippen molar-refractivity contribution in [1.29, 1.82) is 0 Å². The lowest BCUT2D eigenvalue weighted by Crippen LogP contribution is -2.35. The smallest absolute Gasteiger partial charge is 0.251 e. The fourth-order valence-electron chi connectivity index (χ4n) is 2.12. The van der Waals surface area contributed by atoms with Crippen LogP contribution < -0.4 is 5.32 Å². The van der Waals surface area contributed by atoms with Crippen molar-refractivity contribution in [3.63, 3.8) is 0 Å². The van der Waals surface area contributed by atoms with Crippen LogP contribution in [0.5, 0.6) is 0 Å². The molecule has 2 aromatic rings. The number of nitrogens with one attached hydrogen (secondary N) is 1. The van der Waals surface area contributed by atoms with Gasteiger partial charge < -0.3 is 15.0 Å². The van der Waals surface area contributed by atoms with Crippen LogP contribution in [-0.4, -0.2) is 28.2 Å². The molecule has 1 amide bonds. The van der Waals surface area contributed by atoms with Gasteiger partial charge in [0.05, 0.1) is 0 Å². The zero-order valence-corrected chi connectivity index (χ0v) is 11.6. The van der Waals surface area contributed by atoms with Crippen LogP contribution in [0.3, 0.4) is 0 Å². The number of amides is 1. The lowest BCUT2D eigenvalue weighted by Gasteiger charge is -2.16. The van der Waals surface area contributed by atoms with Gasteiger partial charge in [0.1, 0.15) is 0 Å². The third-order valence-corrected chi connectivity index (χ3v) is 3.32. The van der Waals surface area contributed by atoms with E-state index in [2.05, 4.69) is 5.32 Å². The normalized spacial score (nSPS) is 12.1. The predicted molar refractivity (Wildman–Crippen MR) is 79.0 cm³/mol. The van der Waals surface area contributed by atoms with Crippen molar-refractivity contribution in [2.24, 2.45) is 0 Å². The average Bonchev–Trinajstić information content (AvgIpc) is 3.01. The number of hydrogen-bond donors (Lipinski definition) is 2. The second-order valence-electron chi connectivity index (χ2n) is 4.73. The summed E-state index contributed by atoms with van der Waals surface area (Å²) in [6.07, 6.45) is 5.28. The SMILES string of the molecule is CCC(CCO)NC(=O)c1cccc(-n2cccc2)c1. The van der Waals surface area contributed by atoms with Crippen LogP contribution in [-0.2, 0) is 0 Å². The van der Waals surface area contributed by atoms with Gasteiger partial charge in [0.25, 0.3) is 5.91 Å². The molecule has 0 aliphatic rings. The first-order chi connectivity index (χ1) is 9.74. The van der Waals surface area contributed by atoms with Crippen LogP contribution in [0.15, 0.2) is 48.8 Å². The first kappa shape index (κ1) is 14.3. The molecule has 1 aromatic heterocycles. The molecule has 20 heavy (non-hydrogen) atoms. The molecular weight excluding hydrogens is 252 g/mol. The molecule has 1 aromatic carbocycles. The third-order valence-electron chi connectivity index (χ3n) is 3.32. The van der Waals surface area contributed by atoms with Gasteiger partial charge in [-0.05, 0) is 43.2 Å². The number of nitrogens with zero attached hydrogens (tertiary/aromatic N) is 1. The van der Waals surface area contributed by atoms with Crippen molar-refractivity contribution in [2.75, 3.05) is 6.61 Å². The molecule has 0 radical (unpaired) electrons.